The van der Waals surface area contributed by atoms with Gasteiger partial charge in [0.05, 0.1) is 6.61 Å². The van der Waals surface area contributed by atoms with E-state index in [1.54, 1.807) is 6.07 Å². The Kier molecular flexibility index (Phi) is 16.7. The van der Waals surface area contributed by atoms with Gasteiger partial charge in [-0.05, 0) is 12.5 Å². The lowest BCUT2D eigenvalue weighted by Gasteiger charge is -2.07. The predicted molar refractivity (Wildman–Crippen MR) is 126 cm³/mol. The van der Waals surface area contributed by atoms with Crippen LogP contribution in [0.15, 0.2) is 11.4 Å². The van der Waals surface area contributed by atoms with Crippen molar-refractivity contribution in [3.63, 3.8) is 0 Å². The molecule has 0 aliphatic rings. The Labute approximate surface area is 187 Å². The number of anilines is 1. The molecule has 1 aromatic rings. The van der Waals surface area contributed by atoms with Gasteiger partial charge in [-0.3, -0.25) is 0 Å². The second kappa shape index (κ2) is 18.6. The number of rotatable bonds is 20. The topological polar surface area (TPSA) is 78.8 Å². The van der Waals surface area contributed by atoms with Crippen molar-refractivity contribution >= 4 is 23.0 Å². The van der Waals surface area contributed by atoms with Crippen molar-refractivity contribution in [1.82, 2.24) is 0 Å². The minimum atomic E-state index is -1.02. The SMILES string of the molecule is CCCCCCCCCCCCCCCCNc1csc(C(=O)OCC(O)CO)c1. The summed E-state index contributed by atoms with van der Waals surface area (Å²) in [5, 5.41) is 23.2. The molecule has 0 saturated heterocycles. The third-order valence-electron chi connectivity index (χ3n) is 5.28. The first kappa shape index (κ1) is 26.9. The molecule has 0 amide bonds. The summed E-state index contributed by atoms with van der Waals surface area (Å²) in [6.07, 6.45) is 18.0. The van der Waals surface area contributed by atoms with Crippen molar-refractivity contribution < 1.29 is 19.7 Å². The van der Waals surface area contributed by atoms with Gasteiger partial charge in [-0.2, -0.15) is 0 Å². The highest BCUT2D eigenvalue weighted by Gasteiger charge is 2.12. The van der Waals surface area contributed by atoms with Gasteiger partial charge < -0.3 is 20.3 Å². The van der Waals surface area contributed by atoms with Gasteiger partial charge in [-0.25, -0.2) is 4.79 Å². The number of hydrogen-bond acceptors (Lipinski definition) is 6. The molecule has 1 aromatic heterocycles. The molecule has 1 heterocycles. The normalized spacial score (nSPS) is 12.1. The summed E-state index contributed by atoms with van der Waals surface area (Å²) >= 11 is 1.32. The van der Waals surface area contributed by atoms with E-state index in [4.69, 9.17) is 9.84 Å². The molecular formula is C24H43NO4S. The lowest BCUT2D eigenvalue weighted by atomic mass is 10.0. The Bertz CT molecular complexity index is 535. The van der Waals surface area contributed by atoms with Crippen LogP contribution in [0.25, 0.3) is 0 Å². The van der Waals surface area contributed by atoms with E-state index in [1.807, 2.05) is 5.38 Å². The molecule has 1 atom stereocenters. The van der Waals surface area contributed by atoms with Crippen molar-refractivity contribution in [3.8, 4) is 0 Å². The monoisotopic (exact) mass is 441 g/mol. The number of hydrogen-bond donors (Lipinski definition) is 3. The highest BCUT2D eigenvalue weighted by atomic mass is 32.1. The van der Waals surface area contributed by atoms with Crippen LogP contribution in [-0.2, 0) is 4.74 Å². The van der Waals surface area contributed by atoms with E-state index in [1.165, 1.54) is 94.8 Å². The fourth-order valence-electron chi connectivity index (χ4n) is 3.38. The van der Waals surface area contributed by atoms with E-state index in [9.17, 15) is 9.90 Å². The molecule has 0 spiro atoms. The molecule has 1 unspecified atom stereocenters. The Hall–Kier alpha value is -1.11. The minimum Gasteiger partial charge on any atom is -0.459 e. The third kappa shape index (κ3) is 14.0. The molecule has 30 heavy (non-hydrogen) atoms. The Morgan fingerprint density at radius 2 is 1.50 bits per heavy atom. The van der Waals surface area contributed by atoms with Crippen LogP contribution in [0.5, 0.6) is 0 Å². The number of aliphatic hydroxyl groups is 2. The quantitative estimate of drug-likeness (QED) is 0.167. The number of unbranched alkanes of at least 4 members (excludes halogenated alkanes) is 13. The van der Waals surface area contributed by atoms with Crippen LogP contribution in [0.1, 0.15) is 106 Å². The molecule has 174 valence electrons. The smallest absolute Gasteiger partial charge is 0.348 e. The summed E-state index contributed by atoms with van der Waals surface area (Å²) in [7, 11) is 0. The maximum Gasteiger partial charge on any atom is 0.348 e. The molecular weight excluding hydrogens is 398 g/mol. The molecule has 0 bridgehead atoms. The largest absolute Gasteiger partial charge is 0.459 e. The van der Waals surface area contributed by atoms with Crippen LogP contribution < -0.4 is 5.32 Å². The summed E-state index contributed by atoms with van der Waals surface area (Å²) in [6.45, 7) is 2.58. The van der Waals surface area contributed by atoms with Gasteiger partial charge >= 0.3 is 5.97 Å². The van der Waals surface area contributed by atoms with Gasteiger partial charge in [-0.15, -0.1) is 11.3 Å². The Balaban J connectivity index is 1.91. The van der Waals surface area contributed by atoms with Crippen molar-refractivity contribution in [2.45, 2.75) is 103 Å². The first-order valence-corrected chi connectivity index (χ1v) is 12.8. The minimum absolute atomic E-state index is 0.185. The summed E-state index contributed by atoms with van der Waals surface area (Å²) in [6, 6.07) is 1.78. The number of ether oxygens (including phenoxy) is 1. The van der Waals surface area contributed by atoms with E-state index >= 15 is 0 Å². The average molecular weight is 442 g/mol. The molecule has 0 aliphatic carbocycles. The van der Waals surface area contributed by atoms with Crippen LogP contribution in [0.2, 0.25) is 0 Å². The molecule has 5 nitrogen and oxygen atoms in total. The van der Waals surface area contributed by atoms with Crippen LogP contribution in [-0.4, -0.2) is 42.0 Å². The standard InChI is InChI=1S/C24H43NO4S/c1-2-3-4-5-6-7-8-9-10-11-12-13-14-15-16-25-21-17-23(30-20-21)24(28)29-19-22(27)18-26/h17,20,22,25-27H,2-16,18-19H2,1H3. The summed E-state index contributed by atoms with van der Waals surface area (Å²) in [5.41, 5.74) is 0.935. The Morgan fingerprint density at radius 1 is 0.967 bits per heavy atom. The number of nitrogens with one attached hydrogen (secondary N) is 1. The molecule has 0 fully saturated rings. The highest BCUT2D eigenvalue weighted by molar-refractivity contribution is 7.12. The average Bonchev–Trinajstić information content (AvgIpc) is 3.23. The van der Waals surface area contributed by atoms with E-state index < -0.39 is 18.7 Å². The van der Waals surface area contributed by atoms with Crippen LogP contribution in [0.4, 0.5) is 5.69 Å². The number of carbonyl (C=O) groups excluding carboxylic acids is 1. The van der Waals surface area contributed by atoms with E-state index in [0.29, 0.717) is 4.88 Å². The van der Waals surface area contributed by atoms with E-state index in [-0.39, 0.29) is 6.61 Å². The third-order valence-corrected chi connectivity index (χ3v) is 6.19. The van der Waals surface area contributed by atoms with Gasteiger partial charge in [0.1, 0.15) is 17.6 Å². The molecule has 6 heteroatoms. The molecule has 0 aromatic carbocycles. The van der Waals surface area contributed by atoms with Crippen molar-refractivity contribution in [2.75, 3.05) is 25.1 Å². The number of carbonyl (C=O) groups is 1. The first-order valence-electron chi connectivity index (χ1n) is 12.0. The first-order chi connectivity index (χ1) is 14.7. The molecule has 0 saturated carbocycles. The van der Waals surface area contributed by atoms with E-state index in [2.05, 4.69) is 12.2 Å². The molecule has 0 aliphatic heterocycles. The lowest BCUT2D eigenvalue weighted by Crippen LogP contribution is -2.21. The van der Waals surface area contributed by atoms with Gasteiger partial charge in [0.25, 0.3) is 0 Å². The van der Waals surface area contributed by atoms with Crippen LogP contribution in [0, 0.1) is 0 Å². The predicted octanol–water partition coefficient (Wildman–Crippen LogP) is 6.15. The maximum absolute atomic E-state index is 11.9. The van der Waals surface area contributed by atoms with Gasteiger partial charge in [-0.1, -0.05) is 90.4 Å². The van der Waals surface area contributed by atoms with Crippen LogP contribution in [0.3, 0.4) is 0 Å². The van der Waals surface area contributed by atoms with Crippen molar-refractivity contribution in [1.29, 1.82) is 0 Å². The zero-order chi connectivity index (χ0) is 21.9. The second-order valence-corrected chi connectivity index (χ2v) is 9.07. The summed E-state index contributed by atoms with van der Waals surface area (Å²) in [5.74, 6) is -0.461. The summed E-state index contributed by atoms with van der Waals surface area (Å²) in [4.78, 5) is 12.4. The Morgan fingerprint density at radius 3 is 2.03 bits per heavy atom. The fraction of sp³-hybridized carbons (Fsp3) is 0.792. The summed E-state index contributed by atoms with van der Waals surface area (Å²) < 4.78 is 4.96. The van der Waals surface area contributed by atoms with Crippen molar-refractivity contribution in [2.24, 2.45) is 0 Å². The molecule has 1 rings (SSSR count). The zero-order valence-corrected chi connectivity index (χ0v) is 19.7. The van der Waals surface area contributed by atoms with Gasteiger partial charge in [0.2, 0.25) is 0 Å². The number of esters is 1. The van der Waals surface area contributed by atoms with Gasteiger partial charge in [0.15, 0.2) is 0 Å². The highest BCUT2D eigenvalue weighted by Crippen LogP contribution is 2.20. The van der Waals surface area contributed by atoms with E-state index in [0.717, 1.165) is 18.7 Å². The second-order valence-electron chi connectivity index (χ2n) is 8.16. The van der Waals surface area contributed by atoms with Crippen LogP contribution >= 0.6 is 11.3 Å². The zero-order valence-electron chi connectivity index (χ0n) is 18.9. The molecule has 0 radical (unpaired) electrons. The number of aliphatic hydroxyl groups excluding tert-OH is 2. The van der Waals surface area contributed by atoms with Gasteiger partial charge in [0, 0.05) is 17.6 Å². The molecule has 3 N–H and O–H groups in total. The maximum atomic E-state index is 11.9. The fourth-order valence-corrected chi connectivity index (χ4v) is 4.14. The lowest BCUT2D eigenvalue weighted by molar-refractivity contribution is 0.00971. The van der Waals surface area contributed by atoms with Crippen molar-refractivity contribution in [3.05, 3.63) is 16.3 Å². The number of thiophene rings is 1.